The van der Waals surface area contributed by atoms with Crippen LogP contribution in [0.5, 0.6) is 11.5 Å². The van der Waals surface area contributed by atoms with Crippen LogP contribution in [-0.2, 0) is 0 Å². The molecule has 128 valence electrons. The zero-order chi connectivity index (χ0) is 17.4. The third-order valence-electron chi connectivity index (χ3n) is 4.36. The third-order valence-corrected chi connectivity index (χ3v) is 4.36. The molecule has 3 aromatic rings. The van der Waals surface area contributed by atoms with Gasteiger partial charge in [0.15, 0.2) is 17.3 Å². The molecule has 0 bridgehead atoms. The smallest absolute Gasteiger partial charge is 0.287 e. The summed E-state index contributed by atoms with van der Waals surface area (Å²) in [4.78, 5) is 12.5. The molecule has 0 radical (unpaired) electrons. The van der Waals surface area contributed by atoms with Crippen molar-refractivity contribution in [1.82, 2.24) is 5.32 Å². The molecule has 1 aromatic heterocycles. The number of ether oxygens (including phenoxy) is 2. The van der Waals surface area contributed by atoms with Crippen LogP contribution in [0.25, 0.3) is 11.0 Å². The summed E-state index contributed by atoms with van der Waals surface area (Å²) in [5.41, 5.74) is 2.71. The second-order valence-corrected chi connectivity index (χ2v) is 6.26. The van der Waals surface area contributed by atoms with Crippen molar-refractivity contribution in [2.45, 2.75) is 20.0 Å². The van der Waals surface area contributed by atoms with Crippen molar-refractivity contribution in [3.63, 3.8) is 0 Å². The Balaban J connectivity index is 1.46. The Morgan fingerprint density at radius 1 is 1.16 bits per heavy atom. The second-order valence-electron chi connectivity index (χ2n) is 6.26. The van der Waals surface area contributed by atoms with Crippen LogP contribution in [0.3, 0.4) is 0 Å². The van der Waals surface area contributed by atoms with Crippen LogP contribution >= 0.6 is 0 Å². The van der Waals surface area contributed by atoms with E-state index in [2.05, 4.69) is 5.32 Å². The van der Waals surface area contributed by atoms with E-state index in [9.17, 15) is 4.79 Å². The molecule has 25 heavy (non-hydrogen) atoms. The standard InChI is InChI=1S/C20H19NO4/c1-12-7-8-16-15(9-12)13(2)19(25-16)20(22)21-10-14-11-23-17-5-3-4-6-18(17)24-14/h3-9,14H,10-11H2,1-2H3,(H,21,22)/t14-/m1/s1. The number of nitrogens with one attached hydrogen (secondary N) is 1. The molecule has 0 spiro atoms. The highest BCUT2D eigenvalue weighted by Gasteiger charge is 2.23. The minimum Gasteiger partial charge on any atom is -0.486 e. The lowest BCUT2D eigenvalue weighted by Crippen LogP contribution is -2.40. The van der Waals surface area contributed by atoms with Gasteiger partial charge in [-0.1, -0.05) is 23.8 Å². The van der Waals surface area contributed by atoms with Crippen molar-refractivity contribution < 1.29 is 18.7 Å². The quantitative estimate of drug-likeness (QED) is 0.793. The number of aryl methyl sites for hydroxylation is 2. The highest BCUT2D eigenvalue weighted by molar-refractivity contribution is 5.99. The topological polar surface area (TPSA) is 60.7 Å². The van der Waals surface area contributed by atoms with E-state index in [1.807, 2.05) is 56.3 Å². The molecule has 0 saturated carbocycles. The Morgan fingerprint density at radius 2 is 1.96 bits per heavy atom. The first kappa shape index (κ1) is 15.6. The van der Waals surface area contributed by atoms with Crippen LogP contribution in [0.1, 0.15) is 21.7 Å². The lowest BCUT2D eigenvalue weighted by Gasteiger charge is -2.26. The van der Waals surface area contributed by atoms with Crippen LogP contribution in [0.15, 0.2) is 46.9 Å². The van der Waals surface area contributed by atoms with E-state index in [0.717, 1.165) is 27.8 Å². The third kappa shape index (κ3) is 2.93. The van der Waals surface area contributed by atoms with Gasteiger partial charge in [-0.15, -0.1) is 0 Å². The number of para-hydroxylation sites is 2. The molecule has 0 fully saturated rings. The van der Waals surface area contributed by atoms with Gasteiger partial charge in [0.25, 0.3) is 5.91 Å². The Morgan fingerprint density at radius 3 is 2.80 bits per heavy atom. The molecule has 5 nitrogen and oxygen atoms in total. The summed E-state index contributed by atoms with van der Waals surface area (Å²) in [5.74, 6) is 1.53. The molecule has 0 saturated heterocycles. The maximum Gasteiger partial charge on any atom is 0.287 e. The van der Waals surface area contributed by atoms with Crippen LogP contribution in [0.2, 0.25) is 0 Å². The summed E-state index contributed by atoms with van der Waals surface area (Å²) in [7, 11) is 0. The van der Waals surface area contributed by atoms with Gasteiger partial charge in [-0.2, -0.15) is 0 Å². The lowest BCUT2D eigenvalue weighted by atomic mass is 10.1. The predicted octanol–water partition coefficient (Wildman–Crippen LogP) is 3.62. The van der Waals surface area contributed by atoms with Crippen LogP contribution < -0.4 is 14.8 Å². The van der Waals surface area contributed by atoms with E-state index in [0.29, 0.717) is 24.7 Å². The number of carbonyl (C=O) groups excluding carboxylic acids is 1. The largest absolute Gasteiger partial charge is 0.486 e. The summed E-state index contributed by atoms with van der Waals surface area (Å²) in [6.07, 6.45) is -0.231. The zero-order valence-corrected chi connectivity index (χ0v) is 14.2. The fraction of sp³-hybridized carbons (Fsp3) is 0.250. The van der Waals surface area contributed by atoms with Crippen molar-refractivity contribution >= 4 is 16.9 Å². The summed E-state index contributed by atoms with van der Waals surface area (Å²) in [5, 5.41) is 3.85. The molecule has 2 aromatic carbocycles. The highest BCUT2D eigenvalue weighted by atomic mass is 16.6. The van der Waals surface area contributed by atoms with Crippen LogP contribution in [0.4, 0.5) is 0 Å². The predicted molar refractivity (Wildman–Crippen MR) is 94.4 cm³/mol. The minimum atomic E-state index is -0.242. The Bertz CT molecular complexity index is 944. The van der Waals surface area contributed by atoms with Crippen molar-refractivity contribution in [3.8, 4) is 11.5 Å². The monoisotopic (exact) mass is 337 g/mol. The van der Waals surface area contributed by atoms with Gasteiger partial charge in [-0.05, 0) is 38.1 Å². The molecule has 1 aliphatic heterocycles. The van der Waals surface area contributed by atoms with E-state index in [1.165, 1.54) is 0 Å². The van der Waals surface area contributed by atoms with Crippen molar-refractivity contribution in [1.29, 1.82) is 0 Å². The Hall–Kier alpha value is -2.95. The number of fused-ring (bicyclic) bond motifs is 2. The van der Waals surface area contributed by atoms with Gasteiger partial charge in [0.2, 0.25) is 0 Å². The fourth-order valence-corrected chi connectivity index (χ4v) is 3.00. The zero-order valence-electron chi connectivity index (χ0n) is 14.2. The normalized spacial score (nSPS) is 16.0. The number of carbonyl (C=O) groups is 1. The van der Waals surface area contributed by atoms with E-state index >= 15 is 0 Å². The summed E-state index contributed by atoms with van der Waals surface area (Å²) >= 11 is 0. The fourth-order valence-electron chi connectivity index (χ4n) is 3.00. The number of furan rings is 1. The minimum absolute atomic E-state index is 0.231. The van der Waals surface area contributed by atoms with E-state index < -0.39 is 0 Å². The second kappa shape index (κ2) is 6.16. The van der Waals surface area contributed by atoms with Crippen molar-refractivity contribution in [2.24, 2.45) is 0 Å². The first-order valence-electron chi connectivity index (χ1n) is 8.28. The van der Waals surface area contributed by atoms with Gasteiger partial charge in [-0.3, -0.25) is 4.79 Å². The number of benzene rings is 2. The average molecular weight is 337 g/mol. The van der Waals surface area contributed by atoms with Crippen molar-refractivity contribution in [2.75, 3.05) is 13.2 Å². The molecule has 0 aliphatic carbocycles. The maximum absolute atomic E-state index is 12.5. The molecule has 1 atom stereocenters. The Kier molecular flexibility index (Phi) is 3.84. The molecular weight excluding hydrogens is 318 g/mol. The van der Waals surface area contributed by atoms with Crippen molar-refractivity contribution in [3.05, 3.63) is 59.4 Å². The maximum atomic E-state index is 12.5. The van der Waals surface area contributed by atoms with Gasteiger partial charge < -0.3 is 19.2 Å². The van der Waals surface area contributed by atoms with E-state index in [-0.39, 0.29) is 12.0 Å². The number of amides is 1. The SMILES string of the molecule is Cc1ccc2oc(C(=O)NC[C@@H]3COc4ccccc4O3)c(C)c2c1. The molecule has 0 unspecified atom stereocenters. The lowest BCUT2D eigenvalue weighted by molar-refractivity contribution is 0.0774. The van der Waals surface area contributed by atoms with Gasteiger partial charge in [0.05, 0.1) is 6.54 Å². The molecule has 4 rings (SSSR count). The van der Waals surface area contributed by atoms with Crippen LogP contribution in [0, 0.1) is 13.8 Å². The molecular formula is C20H19NO4. The highest BCUT2D eigenvalue weighted by Crippen LogP contribution is 2.31. The van der Waals surface area contributed by atoms with E-state index in [1.54, 1.807) is 0 Å². The molecule has 1 N–H and O–H groups in total. The molecule has 2 heterocycles. The van der Waals surface area contributed by atoms with Crippen LogP contribution in [-0.4, -0.2) is 25.2 Å². The van der Waals surface area contributed by atoms with Gasteiger partial charge in [0, 0.05) is 10.9 Å². The molecule has 1 aliphatic rings. The van der Waals surface area contributed by atoms with Gasteiger partial charge in [0.1, 0.15) is 18.3 Å². The molecule has 1 amide bonds. The number of rotatable bonds is 3. The summed E-state index contributed by atoms with van der Waals surface area (Å²) in [6, 6.07) is 13.4. The number of hydrogen-bond acceptors (Lipinski definition) is 4. The first-order chi connectivity index (χ1) is 12.1. The summed E-state index contributed by atoms with van der Waals surface area (Å²) < 4.78 is 17.2. The first-order valence-corrected chi connectivity index (χ1v) is 8.28. The average Bonchev–Trinajstić information content (AvgIpc) is 2.96. The van der Waals surface area contributed by atoms with Gasteiger partial charge >= 0.3 is 0 Å². The summed E-state index contributed by atoms with van der Waals surface area (Å²) in [6.45, 7) is 4.67. The number of hydrogen-bond donors (Lipinski definition) is 1. The van der Waals surface area contributed by atoms with E-state index in [4.69, 9.17) is 13.9 Å². The Labute approximate surface area is 145 Å². The van der Waals surface area contributed by atoms with Gasteiger partial charge in [-0.25, -0.2) is 0 Å². The molecule has 5 heteroatoms.